The summed E-state index contributed by atoms with van der Waals surface area (Å²) >= 11 is 0. The van der Waals surface area contributed by atoms with Crippen molar-refractivity contribution in [2.24, 2.45) is 0 Å². The molecule has 0 bridgehead atoms. The molecule has 0 aromatic rings. The van der Waals surface area contributed by atoms with Crippen LogP contribution in [0.15, 0.2) is 12.7 Å². The van der Waals surface area contributed by atoms with Gasteiger partial charge in [0.15, 0.2) is 0 Å². The van der Waals surface area contributed by atoms with Crippen LogP contribution < -0.4 is 5.32 Å². The van der Waals surface area contributed by atoms with E-state index in [1.165, 1.54) is 25.2 Å². The summed E-state index contributed by atoms with van der Waals surface area (Å²) in [4.78, 5) is 35.0. The topological polar surface area (TPSA) is 84.9 Å². The van der Waals surface area contributed by atoms with E-state index in [0.29, 0.717) is 0 Å². The number of methoxy groups -OCH3 is 2. The quantitative estimate of drug-likeness (QED) is 0.510. The Hall–Kier alpha value is -2.05. The fourth-order valence-corrected chi connectivity index (χ4v) is 1.07. The van der Waals surface area contributed by atoms with Crippen molar-refractivity contribution >= 4 is 18.0 Å². The van der Waals surface area contributed by atoms with E-state index in [0.717, 1.165) is 0 Å². The molecule has 0 aromatic carbocycles. The number of amides is 2. The molecule has 0 radical (unpaired) electrons. The molecular formula is C11H18N2O5. The Balaban J connectivity index is 4.40. The van der Waals surface area contributed by atoms with Gasteiger partial charge in [0.2, 0.25) is 0 Å². The zero-order valence-corrected chi connectivity index (χ0v) is 10.6. The van der Waals surface area contributed by atoms with E-state index in [1.807, 2.05) is 0 Å². The number of urea groups is 1. The maximum atomic E-state index is 11.7. The Kier molecular flexibility index (Phi) is 8.00. The summed E-state index contributed by atoms with van der Waals surface area (Å²) in [5.41, 5.74) is 0. The van der Waals surface area contributed by atoms with Gasteiger partial charge in [-0.05, 0) is 0 Å². The molecule has 0 spiro atoms. The Morgan fingerprint density at radius 1 is 1.22 bits per heavy atom. The van der Waals surface area contributed by atoms with Crippen molar-refractivity contribution < 1.29 is 23.9 Å². The van der Waals surface area contributed by atoms with Gasteiger partial charge >= 0.3 is 18.0 Å². The average molecular weight is 258 g/mol. The summed E-state index contributed by atoms with van der Waals surface area (Å²) in [5, 5.41) is 2.51. The van der Waals surface area contributed by atoms with Gasteiger partial charge in [0.25, 0.3) is 0 Å². The Morgan fingerprint density at radius 2 is 1.83 bits per heavy atom. The van der Waals surface area contributed by atoms with E-state index in [1.54, 1.807) is 0 Å². The number of esters is 2. The number of hydrogen-bond acceptors (Lipinski definition) is 5. The standard InChI is InChI=1S/C11H18N2O5/c1-4-6-12-11(16)13(8-10(15)18-3)7-5-9(14)17-2/h4H,1,5-8H2,2-3H3,(H,12,16). The van der Waals surface area contributed by atoms with Gasteiger partial charge < -0.3 is 19.7 Å². The molecule has 1 N–H and O–H groups in total. The molecule has 0 fully saturated rings. The van der Waals surface area contributed by atoms with Crippen LogP contribution in [0.3, 0.4) is 0 Å². The molecule has 18 heavy (non-hydrogen) atoms. The molecule has 0 aliphatic rings. The Morgan fingerprint density at radius 3 is 2.33 bits per heavy atom. The first-order chi connectivity index (χ1) is 8.54. The van der Waals surface area contributed by atoms with E-state index >= 15 is 0 Å². The van der Waals surface area contributed by atoms with E-state index in [-0.39, 0.29) is 26.1 Å². The second-order valence-corrected chi connectivity index (χ2v) is 3.30. The minimum atomic E-state index is -0.561. The summed E-state index contributed by atoms with van der Waals surface area (Å²) in [7, 11) is 2.48. The first kappa shape index (κ1) is 16.0. The molecule has 2 amide bonds. The molecule has 0 rings (SSSR count). The highest BCUT2D eigenvalue weighted by Crippen LogP contribution is 1.96. The predicted molar refractivity (Wildman–Crippen MR) is 63.8 cm³/mol. The number of nitrogens with zero attached hydrogens (tertiary/aromatic N) is 1. The van der Waals surface area contributed by atoms with Crippen molar-refractivity contribution in [3.8, 4) is 0 Å². The highest BCUT2D eigenvalue weighted by atomic mass is 16.5. The molecule has 0 aliphatic heterocycles. The van der Waals surface area contributed by atoms with Gasteiger partial charge in [-0.2, -0.15) is 0 Å². The van der Waals surface area contributed by atoms with Crippen LogP contribution >= 0.6 is 0 Å². The third-order valence-corrected chi connectivity index (χ3v) is 2.05. The molecule has 0 saturated carbocycles. The normalized spacial score (nSPS) is 9.22. The zero-order chi connectivity index (χ0) is 14.0. The fourth-order valence-electron chi connectivity index (χ4n) is 1.07. The van der Waals surface area contributed by atoms with Crippen LogP contribution in [-0.2, 0) is 19.1 Å². The van der Waals surface area contributed by atoms with Gasteiger partial charge in [0.1, 0.15) is 6.54 Å². The number of carbonyl (C=O) groups is 3. The number of rotatable bonds is 7. The van der Waals surface area contributed by atoms with Crippen molar-refractivity contribution in [2.75, 3.05) is 33.9 Å². The van der Waals surface area contributed by atoms with Crippen molar-refractivity contribution in [1.29, 1.82) is 0 Å². The molecule has 7 nitrogen and oxygen atoms in total. The van der Waals surface area contributed by atoms with Crippen LogP contribution in [-0.4, -0.2) is 56.7 Å². The molecule has 0 saturated heterocycles. The third-order valence-electron chi connectivity index (χ3n) is 2.05. The van der Waals surface area contributed by atoms with Crippen molar-refractivity contribution in [1.82, 2.24) is 10.2 Å². The molecule has 0 aliphatic carbocycles. The van der Waals surface area contributed by atoms with E-state index < -0.39 is 18.0 Å². The molecule has 0 aromatic heterocycles. The maximum absolute atomic E-state index is 11.7. The highest BCUT2D eigenvalue weighted by molar-refractivity contribution is 5.81. The van der Waals surface area contributed by atoms with Crippen molar-refractivity contribution in [3.05, 3.63) is 12.7 Å². The van der Waals surface area contributed by atoms with Crippen LogP contribution in [0.1, 0.15) is 6.42 Å². The van der Waals surface area contributed by atoms with Gasteiger partial charge in [-0.25, -0.2) is 4.79 Å². The predicted octanol–water partition coefficient (Wildman–Crippen LogP) is -0.0799. The lowest BCUT2D eigenvalue weighted by atomic mass is 10.4. The molecular weight excluding hydrogens is 240 g/mol. The number of carbonyl (C=O) groups excluding carboxylic acids is 3. The fraction of sp³-hybridized carbons (Fsp3) is 0.545. The third kappa shape index (κ3) is 6.51. The second-order valence-electron chi connectivity index (χ2n) is 3.30. The number of ether oxygens (including phenoxy) is 2. The summed E-state index contributed by atoms with van der Waals surface area (Å²) in [6.07, 6.45) is 1.52. The smallest absolute Gasteiger partial charge is 0.325 e. The van der Waals surface area contributed by atoms with E-state index in [9.17, 15) is 14.4 Å². The van der Waals surface area contributed by atoms with Gasteiger partial charge in [-0.15, -0.1) is 6.58 Å². The zero-order valence-electron chi connectivity index (χ0n) is 10.6. The second kappa shape index (κ2) is 9.03. The lowest BCUT2D eigenvalue weighted by Gasteiger charge is -2.20. The molecule has 0 unspecified atom stereocenters. The van der Waals surface area contributed by atoms with Gasteiger partial charge in [0, 0.05) is 13.1 Å². The van der Waals surface area contributed by atoms with Crippen LogP contribution in [0, 0.1) is 0 Å². The van der Waals surface area contributed by atoms with Crippen molar-refractivity contribution in [2.45, 2.75) is 6.42 Å². The first-order valence-electron chi connectivity index (χ1n) is 5.32. The van der Waals surface area contributed by atoms with Crippen LogP contribution in [0.2, 0.25) is 0 Å². The Labute approximate surface area is 106 Å². The molecule has 7 heteroatoms. The average Bonchev–Trinajstić information content (AvgIpc) is 2.39. The minimum Gasteiger partial charge on any atom is -0.469 e. The Bertz CT molecular complexity index is 317. The summed E-state index contributed by atoms with van der Waals surface area (Å²) in [6.45, 7) is 3.58. The van der Waals surface area contributed by atoms with Crippen LogP contribution in [0.25, 0.3) is 0 Å². The van der Waals surface area contributed by atoms with E-state index in [4.69, 9.17) is 0 Å². The number of hydrogen-bond donors (Lipinski definition) is 1. The molecule has 0 heterocycles. The number of nitrogens with one attached hydrogen (secondary N) is 1. The summed E-state index contributed by atoms with van der Waals surface area (Å²) < 4.78 is 8.93. The largest absolute Gasteiger partial charge is 0.469 e. The molecule has 102 valence electrons. The lowest BCUT2D eigenvalue weighted by molar-refractivity contribution is -0.143. The maximum Gasteiger partial charge on any atom is 0.325 e. The van der Waals surface area contributed by atoms with Gasteiger partial charge in [-0.3, -0.25) is 9.59 Å². The summed E-state index contributed by atoms with van der Waals surface area (Å²) in [5.74, 6) is -1.02. The SMILES string of the molecule is C=CCNC(=O)N(CCC(=O)OC)CC(=O)OC. The lowest BCUT2D eigenvalue weighted by Crippen LogP contribution is -2.44. The highest BCUT2D eigenvalue weighted by Gasteiger charge is 2.18. The molecule has 0 atom stereocenters. The van der Waals surface area contributed by atoms with Crippen LogP contribution in [0.5, 0.6) is 0 Å². The van der Waals surface area contributed by atoms with E-state index in [2.05, 4.69) is 21.4 Å². The van der Waals surface area contributed by atoms with Crippen LogP contribution in [0.4, 0.5) is 4.79 Å². The monoisotopic (exact) mass is 258 g/mol. The summed E-state index contributed by atoms with van der Waals surface area (Å²) in [6, 6.07) is -0.468. The van der Waals surface area contributed by atoms with Gasteiger partial charge in [0.05, 0.1) is 20.6 Å². The van der Waals surface area contributed by atoms with Gasteiger partial charge in [-0.1, -0.05) is 6.08 Å². The first-order valence-corrected chi connectivity index (χ1v) is 5.32. The van der Waals surface area contributed by atoms with Crippen molar-refractivity contribution in [3.63, 3.8) is 0 Å². The minimum absolute atomic E-state index is 0.00893.